The molecule has 0 aliphatic carbocycles. The van der Waals surface area contributed by atoms with Crippen molar-refractivity contribution < 1.29 is 0 Å². The van der Waals surface area contributed by atoms with Crippen LogP contribution in [-0.4, -0.2) is 40.5 Å². The summed E-state index contributed by atoms with van der Waals surface area (Å²) in [6.07, 6.45) is 0. The first kappa shape index (κ1) is 4.78. The first-order valence-corrected chi connectivity index (χ1v) is 2.24. The SMILES string of the molecule is C[N](C)[Sb]. The summed E-state index contributed by atoms with van der Waals surface area (Å²) >= 11 is 1.71. The van der Waals surface area contributed by atoms with E-state index in [0.29, 0.717) is 0 Å². The average Bonchev–Trinajstić information content (AvgIpc) is 0.811. The van der Waals surface area contributed by atoms with E-state index in [1.807, 2.05) is 14.1 Å². The van der Waals surface area contributed by atoms with Crippen molar-refractivity contribution in [1.29, 1.82) is 0 Å². The van der Waals surface area contributed by atoms with Crippen molar-refractivity contribution in [2.24, 2.45) is 0 Å². The molecule has 2 heteroatoms. The summed E-state index contributed by atoms with van der Waals surface area (Å²) in [6.45, 7) is 0. The van der Waals surface area contributed by atoms with Crippen LogP contribution in [0.2, 0.25) is 0 Å². The monoisotopic (exact) mass is 165 g/mol. The first-order valence-electron chi connectivity index (χ1n) is 1.09. The summed E-state index contributed by atoms with van der Waals surface area (Å²) in [5.41, 5.74) is 0. The average molecular weight is 166 g/mol. The van der Waals surface area contributed by atoms with Gasteiger partial charge in [-0.25, -0.2) is 0 Å². The number of hydrogen-bond acceptors (Lipinski definition) is 1. The van der Waals surface area contributed by atoms with E-state index in [9.17, 15) is 0 Å². The molecule has 0 aromatic heterocycles. The first-order chi connectivity index (χ1) is 1.73. The van der Waals surface area contributed by atoms with Gasteiger partial charge in [0.25, 0.3) is 0 Å². The molecule has 0 aliphatic rings. The van der Waals surface area contributed by atoms with E-state index in [4.69, 9.17) is 0 Å². The molecule has 0 saturated heterocycles. The van der Waals surface area contributed by atoms with Gasteiger partial charge in [0.1, 0.15) is 0 Å². The topological polar surface area (TPSA) is 3.24 Å². The fourth-order valence-corrected chi connectivity index (χ4v) is 0. The Labute approximate surface area is 40.8 Å². The van der Waals surface area contributed by atoms with Crippen molar-refractivity contribution in [2.75, 3.05) is 14.1 Å². The molecule has 0 unspecified atom stereocenters. The van der Waals surface area contributed by atoms with Gasteiger partial charge in [-0.15, -0.1) is 0 Å². The molecule has 0 aromatic carbocycles. The van der Waals surface area contributed by atoms with Gasteiger partial charge in [-0.05, 0) is 0 Å². The molecule has 2 radical (unpaired) electrons. The van der Waals surface area contributed by atoms with Gasteiger partial charge in [-0.2, -0.15) is 0 Å². The van der Waals surface area contributed by atoms with Gasteiger partial charge < -0.3 is 0 Å². The van der Waals surface area contributed by atoms with Crippen LogP contribution in [0.1, 0.15) is 0 Å². The second-order valence-electron chi connectivity index (χ2n) is 0.847. The van der Waals surface area contributed by atoms with Crippen molar-refractivity contribution in [3.05, 3.63) is 0 Å². The van der Waals surface area contributed by atoms with Crippen LogP contribution in [0.5, 0.6) is 0 Å². The van der Waals surface area contributed by atoms with Crippen LogP contribution in [0, 0.1) is 0 Å². The zero-order valence-corrected chi connectivity index (χ0v) is 5.45. The van der Waals surface area contributed by atoms with E-state index in [0.717, 1.165) is 0 Å². The second kappa shape index (κ2) is 2.04. The summed E-state index contributed by atoms with van der Waals surface area (Å²) in [7, 11) is 4.04. The molecule has 0 aliphatic heterocycles. The maximum absolute atomic E-state index is 2.05. The van der Waals surface area contributed by atoms with Crippen LogP contribution in [0.4, 0.5) is 0 Å². The normalized spacial score (nSPS) is 9.00. The van der Waals surface area contributed by atoms with Gasteiger partial charge in [0, 0.05) is 0 Å². The molecule has 0 heterocycles. The van der Waals surface area contributed by atoms with Crippen LogP contribution in [0.25, 0.3) is 0 Å². The summed E-state index contributed by atoms with van der Waals surface area (Å²) in [4.78, 5) is 0. The van der Waals surface area contributed by atoms with Gasteiger partial charge >= 0.3 is 40.5 Å². The number of rotatable bonds is 0. The summed E-state index contributed by atoms with van der Waals surface area (Å²) < 4.78 is 2.05. The third-order valence-electron chi connectivity index (χ3n) is 0. The van der Waals surface area contributed by atoms with Crippen LogP contribution in [-0.2, 0) is 0 Å². The van der Waals surface area contributed by atoms with Crippen LogP contribution >= 0.6 is 0 Å². The van der Waals surface area contributed by atoms with Crippen molar-refractivity contribution in [3.8, 4) is 0 Å². The van der Waals surface area contributed by atoms with Gasteiger partial charge in [0.15, 0.2) is 0 Å². The van der Waals surface area contributed by atoms with Crippen molar-refractivity contribution in [1.82, 2.24) is 3.06 Å². The Hall–Kier alpha value is 0.778. The van der Waals surface area contributed by atoms with Gasteiger partial charge in [0.2, 0.25) is 0 Å². The Morgan fingerprint density at radius 1 is 1.50 bits per heavy atom. The molecule has 0 atom stereocenters. The van der Waals surface area contributed by atoms with Crippen molar-refractivity contribution in [3.63, 3.8) is 0 Å². The summed E-state index contributed by atoms with van der Waals surface area (Å²) in [6, 6.07) is 0. The van der Waals surface area contributed by atoms with Crippen LogP contribution < -0.4 is 0 Å². The van der Waals surface area contributed by atoms with E-state index in [2.05, 4.69) is 3.06 Å². The second-order valence-corrected chi connectivity index (χ2v) is 3.13. The van der Waals surface area contributed by atoms with Crippen LogP contribution in [0.15, 0.2) is 0 Å². The maximum atomic E-state index is 2.05. The predicted octanol–water partition coefficient (Wildman–Crippen LogP) is -0.369. The third-order valence-corrected chi connectivity index (χ3v) is 0. The third kappa shape index (κ3) is 14.5. The molecule has 0 bridgehead atoms. The fourth-order valence-electron chi connectivity index (χ4n) is 0. The standard InChI is InChI=1S/C2H6N.Sb/c1-3-2;/h1-2H3;/q-1;+1. The van der Waals surface area contributed by atoms with E-state index < -0.39 is 0 Å². The Kier molecular flexibility index (Phi) is 2.44. The molecule has 0 amide bonds. The zero-order valence-electron chi connectivity index (χ0n) is 2.89. The minimum absolute atomic E-state index is 1.71. The summed E-state index contributed by atoms with van der Waals surface area (Å²) in [5.74, 6) is 0. The van der Waals surface area contributed by atoms with E-state index in [1.165, 1.54) is 0 Å². The molecule has 0 N–H and O–H groups in total. The number of nitrogens with zero attached hydrogens (tertiary/aromatic N) is 1. The molecular formula is C2H6NSb. The Morgan fingerprint density at radius 3 is 1.50 bits per heavy atom. The molecule has 0 spiro atoms. The Bertz CT molecular complexity index is 10.8. The van der Waals surface area contributed by atoms with Gasteiger partial charge in [-0.1, -0.05) is 0 Å². The Balaban J connectivity index is 2.32. The van der Waals surface area contributed by atoms with Crippen LogP contribution in [0.3, 0.4) is 0 Å². The van der Waals surface area contributed by atoms with E-state index >= 15 is 0 Å². The van der Waals surface area contributed by atoms with Crippen molar-refractivity contribution in [2.45, 2.75) is 0 Å². The van der Waals surface area contributed by atoms with Crippen molar-refractivity contribution >= 4 is 23.3 Å². The molecule has 0 fully saturated rings. The molecule has 0 saturated carbocycles. The molecule has 1 nitrogen and oxygen atoms in total. The quantitative estimate of drug-likeness (QED) is 0.443. The molecule has 24 valence electrons. The number of hydrogen-bond donors (Lipinski definition) is 0. The molecule has 4 heavy (non-hydrogen) atoms. The predicted molar refractivity (Wildman–Crippen MR) is 19.4 cm³/mol. The summed E-state index contributed by atoms with van der Waals surface area (Å²) in [5, 5.41) is 0. The molecule has 0 aromatic rings. The fraction of sp³-hybridized carbons (Fsp3) is 1.00. The minimum atomic E-state index is 1.71. The van der Waals surface area contributed by atoms with E-state index in [1.54, 1.807) is 23.3 Å². The van der Waals surface area contributed by atoms with E-state index in [-0.39, 0.29) is 0 Å². The zero-order chi connectivity index (χ0) is 3.58. The molecule has 0 rings (SSSR count). The van der Waals surface area contributed by atoms with Gasteiger partial charge in [-0.3, -0.25) is 0 Å². The Morgan fingerprint density at radius 2 is 1.50 bits per heavy atom. The molecular weight excluding hydrogens is 160 g/mol. The van der Waals surface area contributed by atoms with Gasteiger partial charge in [0.05, 0.1) is 0 Å².